The van der Waals surface area contributed by atoms with Gasteiger partial charge in [0, 0.05) is 19.6 Å². The van der Waals surface area contributed by atoms with E-state index in [9.17, 15) is 4.39 Å². The fraction of sp³-hybridized carbons (Fsp3) is 0.0769. The van der Waals surface area contributed by atoms with Crippen LogP contribution in [0.4, 0.5) is 4.39 Å². The molecule has 0 saturated heterocycles. The Balaban J connectivity index is 2.09. The first-order valence-electron chi connectivity index (χ1n) is 4.98. The zero-order valence-corrected chi connectivity index (χ0v) is 10.3. The van der Waals surface area contributed by atoms with Crippen LogP contribution in [0.3, 0.4) is 0 Å². The van der Waals surface area contributed by atoms with Gasteiger partial charge in [-0.2, -0.15) is 0 Å². The van der Waals surface area contributed by atoms with E-state index < -0.39 is 0 Å². The lowest BCUT2D eigenvalue weighted by Crippen LogP contribution is -1.90. The van der Waals surface area contributed by atoms with Crippen LogP contribution in [0.15, 0.2) is 56.0 Å². The van der Waals surface area contributed by atoms with Crippen molar-refractivity contribution in [3.8, 4) is 0 Å². The number of rotatable bonds is 0. The normalized spacial score (nSPS) is 13.1. The maximum Gasteiger partial charge on any atom is 0.124 e. The van der Waals surface area contributed by atoms with Gasteiger partial charge >= 0.3 is 0 Å². The number of hydrogen-bond acceptors (Lipinski definition) is 2. The second kappa shape index (κ2) is 3.82. The smallest absolute Gasteiger partial charge is 0.124 e. The standard InChI is InChI=1S/C13H9FS2/c1-8-2-4-10-12(6-8)15-11-5-3-9(14)7-13(11)16-10/h2-7H,1H3. The van der Waals surface area contributed by atoms with E-state index in [-0.39, 0.29) is 5.82 Å². The second-order valence-corrected chi connectivity index (χ2v) is 5.91. The molecule has 3 heteroatoms. The lowest BCUT2D eigenvalue weighted by molar-refractivity contribution is 0.621. The van der Waals surface area contributed by atoms with Gasteiger partial charge in [-0.05, 0) is 42.8 Å². The third-order valence-electron chi connectivity index (χ3n) is 2.44. The Morgan fingerprint density at radius 3 is 2.19 bits per heavy atom. The maximum absolute atomic E-state index is 13.1. The Morgan fingerprint density at radius 2 is 1.44 bits per heavy atom. The predicted molar refractivity (Wildman–Crippen MR) is 65.8 cm³/mol. The van der Waals surface area contributed by atoms with Gasteiger partial charge < -0.3 is 0 Å². The van der Waals surface area contributed by atoms with Crippen LogP contribution in [0.5, 0.6) is 0 Å². The van der Waals surface area contributed by atoms with Crippen LogP contribution in [0.2, 0.25) is 0 Å². The van der Waals surface area contributed by atoms with E-state index in [4.69, 9.17) is 0 Å². The van der Waals surface area contributed by atoms with Crippen LogP contribution < -0.4 is 0 Å². The minimum absolute atomic E-state index is 0.164. The molecule has 0 nitrogen and oxygen atoms in total. The number of benzene rings is 2. The molecular weight excluding hydrogens is 239 g/mol. The van der Waals surface area contributed by atoms with Gasteiger partial charge in [-0.15, -0.1) is 0 Å². The Bertz CT molecular complexity index is 512. The molecule has 1 aliphatic rings. The summed E-state index contributed by atoms with van der Waals surface area (Å²) in [6, 6.07) is 11.4. The fourth-order valence-electron chi connectivity index (χ4n) is 1.66. The van der Waals surface area contributed by atoms with Gasteiger partial charge in [0.2, 0.25) is 0 Å². The van der Waals surface area contributed by atoms with Crippen LogP contribution in [0.25, 0.3) is 0 Å². The average Bonchev–Trinajstić information content (AvgIpc) is 2.26. The number of hydrogen-bond donors (Lipinski definition) is 0. The molecule has 0 aromatic heterocycles. The van der Waals surface area contributed by atoms with E-state index in [0.29, 0.717) is 0 Å². The molecule has 0 spiro atoms. The molecule has 0 aliphatic carbocycles. The van der Waals surface area contributed by atoms with Gasteiger partial charge in [0.25, 0.3) is 0 Å². The zero-order valence-electron chi connectivity index (χ0n) is 8.66. The molecule has 0 N–H and O–H groups in total. The topological polar surface area (TPSA) is 0 Å². The van der Waals surface area contributed by atoms with Crippen LogP contribution in [-0.4, -0.2) is 0 Å². The largest absolute Gasteiger partial charge is 0.207 e. The van der Waals surface area contributed by atoms with Crippen molar-refractivity contribution < 1.29 is 4.39 Å². The summed E-state index contributed by atoms with van der Waals surface area (Å²) in [6.07, 6.45) is 0. The van der Waals surface area contributed by atoms with E-state index in [1.807, 2.05) is 6.07 Å². The summed E-state index contributed by atoms with van der Waals surface area (Å²) in [5, 5.41) is 0. The fourth-order valence-corrected chi connectivity index (χ4v) is 3.98. The van der Waals surface area contributed by atoms with Crippen molar-refractivity contribution in [2.45, 2.75) is 26.5 Å². The lowest BCUT2D eigenvalue weighted by atomic mass is 10.2. The molecule has 0 atom stereocenters. The molecule has 1 heterocycles. The minimum atomic E-state index is -0.164. The van der Waals surface area contributed by atoms with E-state index in [2.05, 4.69) is 25.1 Å². The van der Waals surface area contributed by atoms with Gasteiger partial charge in [0.05, 0.1) is 0 Å². The average molecular weight is 248 g/mol. The molecule has 0 unspecified atom stereocenters. The lowest BCUT2D eigenvalue weighted by Gasteiger charge is -2.18. The first-order chi connectivity index (χ1) is 7.72. The first-order valence-corrected chi connectivity index (χ1v) is 6.61. The van der Waals surface area contributed by atoms with Crippen LogP contribution in [0.1, 0.15) is 5.56 Å². The van der Waals surface area contributed by atoms with Gasteiger partial charge in [0.15, 0.2) is 0 Å². The molecule has 1 aliphatic heterocycles. The summed E-state index contributed by atoms with van der Waals surface area (Å²) in [7, 11) is 0. The Kier molecular flexibility index (Phi) is 2.45. The third-order valence-corrected chi connectivity index (χ3v) is 4.97. The van der Waals surface area contributed by atoms with Crippen molar-refractivity contribution in [3.05, 3.63) is 47.8 Å². The molecule has 3 rings (SSSR count). The minimum Gasteiger partial charge on any atom is -0.207 e. The molecule has 0 amide bonds. The van der Waals surface area contributed by atoms with Crippen LogP contribution >= 0.6 is 23.5 Å². The molecule has 80 valence electrons. The SMILES string of the molecule is Cc1ccc2c(c1)Sc1ccc(F)cc1S2. The van der Waals surface area contributed by atoms with Crippen molar-refractivity contribution in [1.82, 2.24) is 0 Å². The highest BCUT2D eigenvalue weighted by Gasteiger charge is 2.17. The number of aryl methyl sites for hydroxylation is 1. The highest BCUT2D eigenvalue weighted by atomic mass is 32.2. The summed E-state index contributed by atoms with van der Waals surface area (Å²) >= 11 is 3.36. The van der Waals surface area contributed by atoms with Gasteiger partial charge in [-0.25, -0.2) is 4.39 Å². The number of halogens is 1. The quantitative estimate of drug-likeness (QED) is 0.563. The summed E-state index contributed by atoms with van der Waals surface area (Å²) in [5.74, 6) is -0.164. The predicted octanol–water partition coefficient (Wildman–Crippen LogP) is 4.75. The maximum atomic E-state index is 13.1. The molecule has 0 radical (unpaired) electrons. The molecule has 0 bridgehead atoms. The molecular formula is C13H9FS2. The summed E-state index contributed by atoms with van der Waals surface area (Å²) < 4.78 is 13.1. The second-order valence-electron chi connectivity index (χ2n) is 3.75. The van der Waals surface area contributed by atoms with E-state index >= 15 is 0 Å². The molecule has 2 aromatic carbocycles. The molecule has 2 aromatic rings. The number of fused-ring (bicyclic) bond motifs is 2. The van der Waals surface area contributed by atoms with E-state index in [1.165, 1.54) is 21.4 Å². The van der Waals surface area contributed by atoms with Gasteiger partial charge in [-0.1, -0.05) is 29.6 Å². The first kappa shape index (κ1) is 10.2. The van der Waals surface area contributed by atoms with Crippen molar-refractivity contribution >= 4 is 23.5 Å². The summed E-state index contributed by atoms with van der Waals surface area (Å²) in [6.45, 7) is 2.09. The Morgan fingerprint density at radius 1 is 0.812 bits per heavy atom. The summed E-state index contributed by atoms with van der Waals surface area (Å²) in [4.78, 5) is 4.64. The monoisotopic (exact) mass is 248 g/mol. The van der Waals surface area contributed by atoms with E-state index in [0.717, 1.165) is 9.79 Å². The molecule has 16 heavy (non-hydrogen) atoms. The van der Waals surface area contributed by atoms with Gasteiger partial charge in [0.1, 0.15) is 5.82 Å². The van der Waals surface area contributed by atoms with E-state index in [1.54, 1.807) is 29.6 Å². The Labute approximate surface area is 102 Å². The molecule has 0 fully saturated rings. The van der Waals surface area contributed by atoms with Crippen LogP contribution in [0, 0.1) is 12.7 Å². The van der Waals surface area contributed by atoms with Gasteiger partial charge in [-0.3, -0.25) is 0 Å². The van der Waals surface area contributed by atoms with Crippen molar-refractivity contribution in [2.75, 3.05) is 0 Å². The zero-order chi connectivity index (χ0) is 11.1. The third kappa shape index (κ3) is 1.74. The van der Waals surface area contributed by atoms with Crippen molar-refractivity contribution in [3.63, 3.8) is 0 Å². The van der Waals surface area contributed by atoms with Crippen LogP contribution in [-0.2, 0) is 0 Å². The highest BCUT2D eigenvalue weighted by molar-refractivity contribution is 8.05. The van der Waals surface area contributed by atoms with Crippen molar-refractivity contribution in [1.29, 1.82) is 0 Å². The highest BCUT2D eigenvalue weighted by Crippen LogP contribution is 2.48. The molecule has 0 saturated carbocycles. The summed E-state index contributed by atoms with van der Waals surface area (Å²) in [5.41, 5.74) is 1.26. The van der Waals surface area contributed by atoms with Crippen molar-refractivity contribution in [2.24, 2.45) is 0 Å². The Hall–Kier alpha value is -0.930.